The van der Waals surface area contributed by atoms with E-state index in [0.29, 0.717) is 12.1 Å². The van der Waals surface area contributed by atoms with Crippen molar-refractivity contribution < 1.29 is 60.5 Å². The third kappa shape index (κ3) is 3.78. The molecule has 0 saturated carbocycles. The Morgan fingerprint density at radius 2 is 1.43 bits per heavy atom. The molecule has 0 atom stereocenters. The summed E-state index contributed by atoms with van der Waals surface area (Å²) in [5.41, 5.74) is -0.200. The Labute approximate surface area is 164 Å². The van der Waals surface area contributed by atoms with Gasteiger partial charge >= 0.3 is 33.4 Å². The van der Waals surface area contributed by atoms with Crippen LogP contribution in [0.3, 0.4) is 0 Å². The van der Waals surface area contributed by atoms with Crippen LogP contribution in [0, 0.1) is 0 Å². The SMILES string of the molecule is NS(=O)(=O)c1nc2ccc(OS(=O)(=O)C(F)(F)C(F)(F)C(F)(F)C(F)(F)F)cc2s1. The third-order valence-electron chi connectivity index (χ3n) is 3.22. The van der Waals surface area contributed by atoms with E-state index in [9.17, 15) is 56.3 Å². The molecule has 0 fully saturated rings. The lowest BCUT2D eigenvalue weighted by atomic mass is 10.1. The predicted octanol–water partition coefficient (Wildman–Crippen LogP) is 3.08. The van der Waals surface area contributed by atoms with Crippen LogP contribution in [0.4, 0.5) is 39.5 Å². The van der Waals surface area contributed by atoms with Crippen LogP contribution >= 0.6 is 11.3 Å². The van der Waals surface area contributed by atoms with Crippen molar-refractivity contribution in [3.63, 3.8) is 0 Å². The maximum absolute atomic E-state index is 13.6. The van der Waals surface area contributed by atoms with Gasteiger partial charge in [0.1, 0.15) is 5.75 Å². The molecule has 0 aliphatic rings. The van der Waals surface area contributed by atoms with Gasteiger partial charge in [-0.05, 0) is 12.1 Å². The first-order chi connectivity index (χ1) is 13.1. The second-order valence-electron chi connectivity index (χ2n) is 5.36. The number of primary sulfonamides is 1. The fourth-order valence-corrected chi connectivity index (χ4v) is 4.34. The smallest absolute Gasteiger partial charge is 0.378 e. The lowest BCUT2D eigenvalue weighted by Crippen LogP contribution is -2.63. The second-order valence-corrected chi connectivity index (χ2v) is 9.71. The molecule has 1 aromatic heterocycles. The van der Waals surface area contributed by atoms with Crippen LogP contribution in [0.15, 0.2) is 22.5 Å². The van der Waals surface area contributed by atoms with Gasteiger partial charge in [0.25, 0.3) is 10.0 Å². The van der Waals surface area contributed by atoms with E-state index < -0.39 is 53.5 Å². The summed E-state index contributed by atoms with van der Waals surface area (Å²) in [4.78, 5) is 3.48. The molecule has 170 valence electrons. The molecule has 0 bridgehead atoms. The zero-order valence-electron chi connectivity index (χ0n) is 13.4. The van der Waals surface area contributed by atoms with Gasteiger partial charge in [-0.15, -0.1) is 11.3 Å². The molecule has 0 aliphatic carbocycles. The molecule has 19 heteroatoms. The van der Waals surface area contributed by atoms with Crippen LogP contribution < -0.4 is 9.32 Å². The Kier molecular flexibility index (Phi) is 5.55. The minimum Gasteiger partial charge on any atom is -0.378 e. The zero-order valence-corrected chi connectivity index (χ0v) is 15.9. The van der Waals surface area contributed by atoms with E-state index in [1.54, 1.807) is 0 Å². The van der Waals surface area contributed by atoms with E-state index in [4.69, 9.17) is 5.14 Å². The summed E-state index contributed by atoms with van der Waals surface area (Å²) in [6, 6.07) is 1.71. The summed E-state index contributed by atoms with van der Waals surface area (Å²) in [5, 5.41) is -2.25. The zero-order chi connectivity index (χ0) is 23.6. The minimum absolute atomic E-state index is 0.200. The summed E-state index contributed by atoms with van der Waals surface area (Å²) in [7, 11) is -11.5. The topological polar surface area (TPSA) is 116 Å². The van der Waals surface area contributed by atoms with Crippen molar-refractivity contribution in [3.05, 3.63) is 18.2 Å². The van der Waals surface area contributed by atoms with Crippen LogP contribution in [0.2, 0.25) is 0 Å². The summed E-state index contributed by atoms with van der Waals surface area (Å²) in [6.07, 6.45) is -7.22. The molecule has 30 heavy (non-hydrogen) atoms. The maximum atomic E-state index is 13.6. The van der Waals surface area contributed by atoms with E-state index in [1.807, 2.05) is 0 Å². The van der Waals surface area contributed by atoms with E-state index in [2.05, 4.69) is 9.17 Å². The van der Waals surface area contributed by atoms with Crippen molar-refractivity contribution in [2.75, 3.05) is 0 Å². The van der Waals surface area contributed by atoms with Gasteiger partial charge in [-0.2, -0.15) is 47.9 Å². The number of fused-ring (bicyclic) bond motifs is 1. The van der Waals surface area contributed by atoms with Gasteiger partial charge in [-0.1, -0.05) is 0 Å². The van der Waals surface area contributed by atoms with Crippen LogP contribution in [0.5, 0.6) is 5.75 Å². The number of rotatable bonds is 6. The average Bonchev–Trinajstić information content (AvgIpc) is 2.96. The van der Waals surface area contributed by atoms with Crippen LogP contribution in [-0.4, -0.2) is 45.1 Å². The molecule has 0 amide bonds. The number of hydrogen-bond acceptors (Lipinski definition) is 7. The fourth-order valence-electron chi connectivity index (χ4n) is 1.75. The molecule has 0 saturated heterocycles. The number of aromatic nitrogens is 1. The van der Waals surface area contributed by atoms with Gasteiger partial charge in [0, 0.05) is 6.07 Å². The highest BCUT2D eigenvalue weighted by Gasteiger charge is 2.86. The van der Waals surface area contributed by atoms with Gasteiger partial charge in [0.15, 0.2) is 0 Å². The largest absolute Gasteiger partial charge is 0.460 e. The summed E-state index contributed by atoms with van der Waals surface area (Å²) in [6.45, 7) is 0. The van der Waals surface area contributed by atoms with Crippen molar-refractivity contribution in [1.29, 1.82) is 0 Å². The molecule has 0 radical (unpaired) electrons. The van der Waals surface area contributed by atoms with Gasteiger partial charge < -0.3 is 4.18 Å². The summed E-state index contributed by atoms with van der Waals surface area (Å²) >= 11 is 0.262. The Hall–Kier alpha value is -1.86. The molecule has 1 heterocycles. The predicted molar refractivity (Wildman–Crippen MR) is 81.4 cm³/mol. The van der Waals surface area contributed by atoms with E-state index >= 15 is 0 Å². The van der Waals surface area contributed by atoms with Gasteiger partial charge in [0.2, 0.25) is 4.34 Å². The average molecular weight is 512 g/mol. The number of nitrogens with two attached hydrogens (primary N) is 1. The number of halogens is 9. The van der Waals surface area contributed by atoms with Crippen molar-refractivity contribution in [1.82, 2.24) is 4.98 Å². The molecule has 2 rings (SSSR count). The monoisotopic (exact) mass is 512 g/mol. The Morgan fingerprint density at radius 1 is 0.900 bits per heavy atom. The second kappa shape index (κ2) is 6.82. The highest BCUT2D eigenvalue weighted by atomic mass is 32.2. The van der Waals surface area contributed by atoms with Crippen molar-refractivity contribution >= 4 is 41.7 Å². The van der Waals surface area contributed by atoms with Crippen molar-refractivity contribution in [3.8, 4) is 5.75 Å². The minimum atomic E-state index is -7.45. The molecule has 2 N–H and O–H groups in total. The van der Waals surface area contributed by atoms with Crippen LogP contribution in [0.25, 0.3) is 10.2 Å². The molecular weight excluding hydrogens is 507 g/mol. The van der Waals surface area contributed by atoms with E-state index in [-0.39, 0.29) is 21.6 Å². The highest BCUT2D eigenvalue weighted by Crippen LogP contribution is 2.55. The lowest BCUT2D eigenvalue weighted by molar-refractivity contribution is -0.382. The number of alkyl halides is 9. The Bertz CT molecular complexity index is 1190. The van der Waals surface area contributed by atoms with E-state index in [0.717, 1.165) is 6.07 Å². The maximum Gasteiger partial charge on any atom is 0.460 e. The Morgan fingerprint density at radius 3 is 1.90 bits per heavy atom. The standard InChI is InChI=1S/C11H5F9N2O5S3/c12-8(13,10(16,17)18)9(14,15)11(19,20)30(25,26)27-4-1-2-5-6(3-4)28-7(22-5)29(21,23)24/h1-3H,(H2,21,23,24). The normalized spacial score (nSPS) is 14.9. The first-order valence-corrected chi connectivity index (χ1v) is 10.5. The van der Waals surface area contributed by atoms with Crippen LogP contribution in [0.1, 0.15) is 0 Å². The van der Waals surface area contributed by atoms with E-state index in [1.165, 1.54) is 0 Å². The number of benzene rings is 1. The third-order valence-corrected chi connectivity index (χ3v) is 6.85. The first-order valence-electron chi connectivity index (χ1n) is 6.73. The molecule has 0 aliphatic heterocycles. The number of hydrogen-bond donors (Lipinski definition) is 1. The summed E-state index contributed by atoms with van der Waals surface area (Å²) < 4.78 is 164. The molecular formula is C11H5F9N2O5S3. The van der Waals surface area contributed by atoms with Gasteiger partial charge in [-0.3, -0.25) is 0 Å². The van der Waals surface area contributed by atoms with Gasteiger partial charge in [-0.25, -0.2) is 18.5 Å². The number of thiazole rings is 1. The first kappa shape index (κ1) is 24.4. The Balaban J connectivity index is 2.48. The molecule has 0 unspecified atom stereocenters. The molecule has 7 nitrogen and oxygen atoms in total. The quantitative estimate of drug-likeness (QED) is 0.470. The van der Waals surface area contributed by atoms with Crippen LogP contribution in [-0.2, 0) is 20.1 Å². The molecule has 0 spiro atoms. The molecule has 2 aromatic rings. The lowest BCUT2D eigenvalue weighted by Gasteiger charge is -2.32. The molecule has 1 aromatic carbocycles. The summed E-state index contributed by atoms with van der Waals surface area (Å²) in [5.74, 6) is -16.1. The van der Waals surface area contributed by atoms with Crippen molar-refractivity contribution in [2.24, 2.45) is 5.14 Å². The van der Waals surface area contributed by atoms with Crippen molar-refractivity contribution in [2.45, 2.75) is 27.6 Å². The number of sulfonamides is 1. The van der Waals surface area contributed by atoms with Gasteiger partial charge in [0.05, 0.1) is 10.2 Å². The highest BCUT2D eigenvalue weighted by molar-refractivity contribution is 7.91. The fraction of sp³-hybridized carbons (Fsp3) is 0.364. The number of nitrogens with zero attached hydrogens (tertiary/aromatic N) is 1.